The Morgan fingerprint density at radius 1 is 1.31 bits per heavy atom. The fraction of sp³-hybridized carbons (Fsp3) is 0.500. The van der Waals surface area contributed by atoms with Crippen LogP contribution in [0.1, 0.15) is 33.9 Å². The van der Waals surface area contributed by atoms with E-state index in [1.165, 1.54) is 16.0 Å². The topological polar surface area (TPSA) is 52.6 Å². The average molecular weight is 372 g/mol. The molecule has 1 saturated heterocycles. The van der Waals surface area contributed by atoms with Gasteiger partial charge in [0.05, 0.1) is 6.54 Å². The molecule has 140 valence electrons. The molecular weight excluding hydrogens is 342 g/mol. The summed E-state index contributed by atoms with van der Waals surface area (Å²) in [5.74, 6) is 0.870. The van der Waals surface area contributed by atoms with E-state index >= 15 is 0 Å². The highest BCUT2D eigenvalue weighted by atomic mass is 32.1. The highest BCUT2D eigenvalue weighted by molar-refractivity contribution is 7.11. The van der Waals surface area contributed by atoms with E-state index in [2.05, 4.69) is 63.6 Å². The molecule has 5 nitrogen and oxygen atoms in total. The Bertz CT molecular complexity index is 731. The summed E-state index contributed by atoms with van der Waals surface area (Å²) in [4.78, 5) is 12.5. The van der Waals surface area contributed by atoms with Crippen molar-refractivity contribution in [1.29, 1.82) is 0 Å². The van der Waals surface area contributed by atoms with Crippen LogP contribution in [0.25, 0.3) is 0 Å². The number of thiazole rings is 1. The Kier molecular flexibility index (Phi) is 6.63. The molecule has 0 aliphatic carbocycles. The Balaban J connectivity index is 1.42. The van der Waals surface area contributed by atoms with E-state index in [0.29, 0.717) is 6.04 Å². The monoisotopic (exact) mass is 371 g/mol. The molecular formula is C20H29N5S. The smallest absolute Gasteiger partial charge is 0.191 e. The zero-order valence-corrected chi connectivity index (χ0v) is 16.8. The van der Waals surface area contributed by atoms with Crippen LogP contribution in [0.2, 0.25) is 0 Å². The maximum atomic E-state index is 4.39. The van der Waals surface area contributed by atoms with Crippen LogP contribution in [0.4, 0.5) is 0 Å². The van der Waals surface area contributed by atoms with Gasteiger partial charge in [0.25, 0.3) is 0 Å². The van der Waals surface area contributed by atoms with Crippen molar-refractivity contribution < 1.29 is 0 Å². The van der Waals surface area contributed by atoms with Crippen molar-refractivity contribution in [2.75, 3.05) is 20.1 Å². The van der Waals surface area contributed by atoms with Gasteiger partial charge in [0.1, 0.15) is 5.01 Å². The van der Waals surface area contributed by atoms with E-state index in [4.69, 9.17) is 0 Å². The van der Waals surface area contributed by atoms with E-state index in [-0.39, 0.29) is 0 Å². The highest BCUT2D eigenvalue weighted by Gasteiger charge is 2.20. The normalized spacial score (nSPS) is 16.7. The van der Waals surface area contributed by atoms with Gasteiger partial charge < -0.3 is 10.6 Å². The molecule has 1 aromatic carbocycles. The van der Waals surface area contributed by atoms with Crippen LogP contribution in [0.3, 0.4) is 0 Å². The van der Waals surface area contributed by atoms with Crippen LogP contribution < -0.4 is 10.6 Å². The first kappa shape index (κ1) is 18.9. The van der Waals surface area contributed by atoms with Gasteiger partial charge in [-0.1, -0.05) is 29.8 Å². The summed E-state index contributed by atoms with van der Waals surface area (Å²) in [5, 5.41) is 8.04. The van der Waals surface area contributed by atoms with Crippen molar-refractivity contribution in [2.24, 2.45) is 4.99 Å². The number of aliphatic imine (C=N–C) groups is 1. The molecule has 26 heavy (non-hydrogen) atoms. The lowest BCUT2D eigenvalue weighted by molar-refractivity contribution is 0.198. The van der Waals surface area contributed by atoms with Crippen molar-refractivity contribution in [1.82, 2.24) is 20.5 Å². The summed E-state index contributed by atoms with van der Waals surface area (Å²) >= 11 is 1.73. The second kappa shape index (κ2) is 9.14. The summed E-state index contributed by atoms with van der Waals surface area (Å²) < 4.78 is 0. The average Bonchev–Trinajstić information content (AvgIpc) is 3.05. The first-order valence-electron chi connectivity index (χ1n) is 9.29. The van der Waals surface area contributed by atoms with Crippen LogP contribution >= 0.6 is 11.3 Å². The fourth-order valence-electron chi connectivity index (χ4n) is 3.33. The SMILES string of the molecule is CN=C(NCc1ncc(C)s1)NC1CCN(Cc2cccc(C)c2)CC1. The number of aromatic nitrogens is 1. The minimum atomic E-state index is 0.480. The zero-order valence-electron chi connectivity index (χ0n) is 16.0. The Hall–Kier alpha value is -1.92. The third kappa shape index (κ3) is 5.54. The standard InChI is InChI=1S/C20H29N5S/c1-15-5-4-6-17(11-15)14-25-9-7-18(8-10-25)24-20(21-3)23-13-19-22-12-16(2)26-19/h4-6,11-12,18H,7-10,13-14H2,1-3H3,(H2,21,23,24). The molecule has 0 radical (unpaired) electrons. The molecule has 0 unspecified atom stereocenters. The first-order chi connectivity index (χ1) is 12.6. The molecule has 1 aromatic heterocycles. The summed E-state index contributed by atoms with van der Waals surface area (Å²) in [6, 6.07) is 9.30. The van der Waals surface area contributed by atoms with Crippen molar-refractivity contribution in [2.45, 2.75) is 45.8 Å². The van der Waals surface area contributed by atoms with Gasteiger partial charge in [0.2, 0.25) is 0 Å². The second-order valence-corrected chi connectivity index (χ2v) is 8.29. The molecule has 0 atom stereocenters. The number of aryl methyl sites for hydroxylation is 2. The molecule has 2 N–H and O–H groups in total. The van der Waals surface area contributed by atoms with Crippen molar-refractivity contribution in [3.8, 4) is 0 Å². The van der Waals surface area contributed by atoms with Crippen LogP contribution in [0.15, 0.2) is 35.5 Å². The predicted molar refractivity (Wildman–Crippen MR) is 110 cm³/mol. The van der Waals surface area contributed by atoms with Gasteiger partial charge in [-0.15, -0.1) is 11.3 Å². The number of nitrogens with one attached hydrogen (secondary N) is 2. The fourth-order valence-corrected chi connectivity index (χ4v) is 4.06. The predicted octanol–water partition coefficient (Wildman–Crippen LogP) is 3.09. The van der Waals surface area contributed by atoms with Gasteiger partial charge in [-0.25, -0.2) is 4.98 Å². The molecule has 2 heterocycles. The molecule has 6 heteroatoms. The lowest BCUT2D eigenvalue weighted by Gasteiger charge is -2.33. The number of hydrogen-bond donors (Lipinski definition) is 2. The third-order valence-electron chi connectivity index (χ3n) is 4.72. The van der Waals surface area contributed by atoms with E-state index in [1.807, 2.05) is 13.2 Å². The molecule has 1 aliphatic heterocycles. The Morgan fingerprint density at radius 2 is 2.12 bits per heavy atom. The number of rotatable bonds is 5. The van der Waals surface area contributed by atoms with Gasteiger partial charge in [-0.05, 0) is 32.3 Å². The zero-order chi connectivity index (χ0) is 18.4. The maximum Gasteiger partial charge on any atom is 0.191 e. The summed E-state index contributed by atoms with van der Waals surface area (Å²) in [6.07, 6.45) is 4.20. The van der Waals surface area contributed by atoms with E-state index < -0.39 is 0 Å². The Labute approximate surface area is 160 Å². The summed E-state index contributed by atoms with van der Waals surface area (Å²) in [5.41, 5.74) is 2.75. The number of likely N-dealkylation sites (tertiary alicyclic amines) is 1. The van der Waals surface area contributed by atoms with Crippen LogP contribution in [-0.4, -0.2) is 42.0 Å². The quantitative estimate of drug-likeness (QED) is 0.626. The van der Waals surface area contributed by atoms with E-state index in [0.717, 1.165) is 50.0 Å². The number of hydrogen-bond acceptors (Lipinski definition) is 4. The molecule has 3 rings (SSSR count). The molecule has 0 bridgehead atoms. The minimum Gasteiger partial charge on any atom is -0.354 e. The summed E-state index contributed by atoms with van der Waals surface area (Å²) in [7, 11) is 1.83. The second-order valence-electron chi connectivity index (χ2n) is 6.97. The highest BCUT2D eigenvalue weighted by Crippen LogP contribution is 2.15. The maximum absolute atomic E-state index is 4.39. The number of piperidine rings is 1. The minimum absolute atomic E-state index is 0.480. The number of nitrogens with zero attached hydrogens (tertiary/aromatic N) is 3. The van der Waals surface area contributed by atoms with Gasteiger partial charge in [-0.3, -0.25) is 9.89 Å². The van der Waals surface area contributed by atoms with Gasteiger partial charge in [0.15, 0.2) is 5.96 Å². The molecule has 1 fully saturated rings. The molecule has 0 amide bonds. The largest absolute Gasteiger partial charge is 0.354 e. The lowest BCUT2D eigenvalue weighted by atomic mass is 10.0. The van der Waals surface area contributed by atoms with Gasteiger partial charge >= 0.3 is 0 Å². The van der Waals surface area contributed by atoms with Crippen molar-refractivity contribution in [3.63, 3.8) is 0 Å². The van der Waals surface area contributed by atoms with Gasteiger partial charge in [0, 0.05) is 43.8 Å². The van der Waals surface area contributed by atoms with Crippen LogP contribution in [-0.2, 0) is 13.1 Å². The summed E-state index contributed by atoms with van der Waals surface area (Å²) in [6.45, 7) is 8.25. The Morgan fingerprint density at radius 3 is 2.77 bits per heavy atom. The van der Waals surface area contributed by atoms with Crippen LogP contribution in [0, 0.1) is 13.8 Å². The van der Waals surface area contributed by atoms with E-state index in [9.17, 15) is 0 Å². The number of guanidine groups is 1. The third-order valence-corrected chi connectivity index (χ3v) is 5.63. The molecule has 0 saturated carbocycles. The molecule has 2 aromatic rings. The molecule has 0 spiro atoms. The molecule has 1 aliphatic rings. The van der Waals surface area contributed by atoms with Gasteiger partial charge in [-0.2, -0.15) is 0 Å². The van der Waals surface area contributed by atoms with Crippen LogP contribution in [0.5, 0.6) is 0 Å². The first-order valence-corrected chi connectivity index (χ1v) is 10.1. The van der Waals surface area contributed by atoms with Crippen molar-refractivity contribution in [3.05, 3.63) is 51.5 Å². The van der Waals surface area contributed by atoms with Crippen molar-refractivity contribution >= 4 is 17.3 Å². The number of benzene rings is 1. The lowest BCUT2D eigenvalue weighted by Crippen LogP contribution is -2.48. The van der Waals surface area contributed by atoms with E-state index in [1.54, 1.807) is 11.3 Å².